The van der Waals surface area contributed by atoms with Gasteiger partial charge in [-0.3, -0.25) is 4.68 Å². The van der Waals surface area contributed by atoms with E-state index in [4.69, 9.17) is 0 Å². The molecule has 0 N–H and O–H groups in total. The summed E-state index contributed by atoms with van der Waals surface area (Å²) in [4.78, 5) is 10.1. The largest absolute Gasteiger partial charge is 0.273 e. The Labute approximate surface area is 65.2 Å². The van der Waals surface area contributed by atoms with E-state index in [9.17, 15) is 4.91 Å². The lowest BCUT2D eigenvalue weighted by Crippen LogP contribution is -1.94. The highest BCUT2D eigenvalue weighted by Crippen LogP contribution is 2.14. The van der Waals surface area contributed by atoms with E-state index >= 15 is 0 Å². The SMILES string of the molecule is Cc1cc(C(C)N=O)nn1C. The third-order valence-corrected chi connectivity index (χ3v) is 1.72. The lowest BCUT2D eigenvalue weighted by molar-refractivity contribution is 0.686. The van der Waals surface area contributed by atoms with Gasteiger partial charge in [0.1, 0.15) is 6.04 Å². The summed E-state index contributed by atoms with van der Waals surface area (Å²) < 4.78 is 1.73. The van der Waals surface area contributed by atoms with Crippen LogP contribution < -0.4 is 0 Å². The van der Waals surface area contributed by atoms with Crippen molar-refractivity contribution in [2.24, 2.45) is 12.2 Å². The maximum atomic E-state index is 10.1. The molecule has 1 heterocycles. The molecule has 0 saturated heterocycles. The van der Waals surface area contributed by atoms with E-state index < -0.39 is 0 Å². The minimum Gasteiger partial charge on any atom is -0.273 e. The highest BCUT2D eigenvalue weighted by molar-refractivity contribution is 5.11. The number of nitrogens with zero attached hydrogens (tertiary/aromatic N) is 3. The van der Waals surface area contributed by atoms with Crippen LogP contribution in [0.1, 0.15) is 24.4 Å². The second-order valence-corrected chi connectivity index (χ2v) is 2.62. The second-order valence-electron chi connectivity index (χ2n) is 2.62. The van der Waals surface area contributed by atoms with Gasteiger partial charge in [0.15, 0.2) is 0 Å². The second kappa shape index (κ2) is 2.82. The molecule has 0 radical (unpaired) electrons. The van der Waals surface area contributed by atoms with Crippen LogP contribution in [-0.4, -0.2) is 9.78 Å². The lowest BCUT2D eigenvalue weighted by atomic mass is 10.2. The summed E-state index contributed by atoms with van der Waals surface area (Å²) in [5, 5.41) is 6.99. The summed E-state index contributed by atoms with van der Waals surface area (Å²) in [5.41, 5.74) is 1.77. The molecule has 4 nitrogen and oxygen atoms in total. The van der Waals surface area contributed by atoms with Crippen molar-refractivity contribution in [1.29, 1.82) is 0 Å². The third kappa shape index (κ3) is 1.45. The van der Waals surface area contributed by atoms with Gasteiger partial charge in [-0.2, -0.15) is 10.0 Å². The van der Waals surface area contributed by atoms with Gasteiger partial charge < -0.3 is 0 Å². The highest BCUT2D eigenvalue weighted by Gasteiger charge is 2.09. The number of rotatable bonds is 2. The Morgan fingerprint density at radius 3 is 2.73 bits per heavy atom. The van der Waals surface area contributed by atoms with E-state index in [2.05, 4.69) is 10.3 Å². The van der Waals surface area contributed by atoms with Crippen LogP contribution in [0.25, 0.3) is 0 Å². The minimum atomic E-state index is -0.338. The zero-order chi connectivity index (χ0) is 8.43. The molecule has 0 fully saturated rings. The van der Waals surface area contributed by atoms with Gasteiger partial charge in [-0.15, -0.1) is 0 Å². The molecular formula is C7H11N3O. The first kappa shape index (κ1) is 7.91. The van der Waals surface area contributed by atoms with Crippen molar-refractivity contribution in [3.05, 3.63) is 22.4 Å². The number of hydrogen-bond donors (Lipinski definition) is 0. The van der Waals surface area contributed by atoms with E-state index in [0.717, 1.165) is 11.4 Å². The van der Waals surface area contributed by atoms with Crippen molar-refractivity contribution in [3.8, 4) is 0 Å². The molecular weight excluding hydrogens is 142 g/mol. The summed E-state index contributed by atoms with van der Waals surface area (Å²) in [6.07, 6.45) is 0. The highest BCUT2D eigenvalue weighted by atomic mass is 16.3. The molecule has 0 aliphatic carbocycles. The topological polar surface area (TPSA) is 47.2 Å². The van der Waals surface area contributed by atoms with Gasteiger partial charge in [-0.05, 0) is 19.9 Å². The van der Waals surface area contributed by atoms with Crippen molar-refractivity contribution < 1.29 is 0 Å². The van der Waals surface area contributed by atoms with Gasteiger partial charge >= 0.3 is 0 Å². The van der Waals surface area contributed by atoms with Gasteiger partial charge in [0.2, 0.25) is 0 Å². The number of aryl methyl sites for hydroxylation is 2. The number of hydrogen-bond acceptors (Lipinski definition) is 3. The van der Waals surface area contributed by atoms with Gasteiger partial charge in [-0.1, -0.05) is 5.18 Å². The molecule has 60 valence electrons. The number of nitroso groups, excluding NO2 is 1. The van der Waals surface area contributed by atoms with Crippen molar-refractivity contribution in [2.45, 2.75) is 19.9 Å². The van der Waals surface area contributed by atoms with Crippen LogP contribution >= 0.6 is 0 Å². The fourth-order valence-corrected chi connectivity index (χ4v) is 0.847. The van der Waals surface area contributed by atoms with Crippen LogP contribution in [0.5, 0.6) is 0 Å². The maximum Gasteiger partial charge on any atom is 0.133 e. The average molecular weight is 153 g/mol. The zero-order valence-corrected chi connectivity index (χ0v) is 6.90. The molecule has 0 spiro atoms. The fourth-order valence-electron chi connectivity index (χ4n) is 0.847. The molecule has 11 heavy (non-hydrogen) atoms. The van der Waals surface area contributed by atoms with Crippen LogP contribution in [0, 0.1) is 11.8 Å². The molecule has 0 aliphatic rings. The molecule has 1 aromatic rings. The van der Waals surface area contributed by atoms with Crippen molar-refractivity contribution in [2.75, 3.05) is 0 Å². The van der Waals surface area contributed by atoms with Gasteiger partial charge in [0.05, 0.1) is 5.69 Å². The van der Waals surface area contributed by atoms with Crippen LogP contribution in [0.3, 0.4) is 0 Å². The summed E-state index contributed by atoms with van der Waals surface area (Å²) >= 11 is 0. The number of aromatic nitrogens is 2. The Morgan fingerprint density at radius 1 is 1.73 bits per heavy atom. The van der Waals surface area contributed by atoms with Crippen LogP contribution in [-0.2, 0) is 7.05 Å². The molecule has 1 rings (SSSR count). The molecule has 0 aromatic carbocycles. The first-order valence-electron chi connectivity index (χ1n) is 3.48. The minimum absolute atomic E-state index is 0.338. The van der Waals surface area contributed by atoms with E-state index in [1.807, 2.05) is 20.0 Å². The Morgan fingerprint density at radius 2 is 2.36 bits per heavy atom. The standard InChI is InChI=1S/C7H11N3O/c1-5-4-7(6(2)9-11)8-10(5)3/h4,6H,1-3H3. The van der Waals surface area contributed by atoms with Crippen LogP contribution in [0.4, 0.5) is 0 Å². The van der Waals surface area contributed by atoms with Crippen molar-refractivity contribution in [1.82, 2.24) is 9.78 Å². The predicted molar refractivity (Wildman–Crippen MR) is 42.2 cm³/mol. The first-order chi connectivity index (χ1) is 5.15. The first-order valence-corrected chi connectivity index (χ1v) is 3.48. The third-order valence-electron chi connectivity index (χ3n) is 1.72. The molecule has 0 bridgehead atoms. The monoisotopic (exact) mass is 153 g/mol. The van der Waals surface area contributed by atoms with E-state index in [1.165, 1.54) is 0 Å². The Balaban J connectivity index is 2.96. The molecule has 1 aromatic heterocycles. The Bertz CT molecular complexity index is 247. The fraction of sp³-hybridized carbons (Fsp3) is 0.571. The molecule has 1 atom stereocenters. The summed E-state index contributed by atoms with van der Waals surface area (Å²) in [6, 6.07) is 1.53. The lowest BCUT2D eigenvalue weighted by Gasteiger charge is -1.93. The quantitative estimate of drug-likeness (QED) is 0.605. The summed E-state index contributed by atoms with van der Waals surface area (Å²) in [5.74, 6) is 0. The normalized spacial score (nSPS) is 13.0. The molecule has 0 saturated carbocycles. The molecule has 4 heteroatoms. The van der Waals surface area contributed by atoms with Crippen LogP contribution in [0.2, 0.25) is 0 Å². The Hall–Kier alpha value is -1.19. The van der Waals surface area contributed by atoms with Crippen molar-refractivity contribution >= 4 is 0 Å². The van der Waals surface area contributed by atoms with Gasteiger partial charge in [0, 0.05) is 12.7 Å². The van der Waals surface area contributed by atoms with Gasteiger partial charge in [-0.25, -0.2) is 0 Å². The molecule has 1 unspecified atom stereocenters. The summed E-state index contributed by atoms with van der Waals surface area (Å²) in [7, 11) is 1.84. The van der Waals surface area contributed by atoms with Gasteiger partial charge in [0.25, 0.3) is 0 Å². The maximum absolute atomic E-state index is 10.1. The van der Waals surface area contributed by atoms with E-state index in [0.29, 0.717) is 0 Å². The zero-order valence-electron chi connectivity index (χ0n) is 6.90. The van der Waals surface area contributed by atoms with E-state index in [-0.39, 0.29) is 6.04 Å². The molecule has 0 aliphatic heterocycles. The average Bonchev–Trinajstić information content (AvgIpc) is 2.31. The smallest absolute Gasteiger partial charge is 0.133 e. The molecule has 0 amide bonds. The van der Waals surface area contributed by atoms with E-state index in [1.54, 1.807) is 11.6 Å². The Kier molecular flexibility index (Phi) is 2.03. The predicted octanol–water partition coefficient (Wildman–Crippen LogP) is 1.56. The van der Waals surface area contributed by atoms with Crippen molar-refractivity contribution in [3.63, 3.8) is 0 Å². The van der Waals surface area contributed by atoms with Crippen LogP contribution in [0.15, 0.2) is 11.2 Å². The summed E-state index contributed by atoms with van der Waals surface area (Å²) in [6.45, 7) is 3.67.